The van der Waals surface area contributed by atoms with Crippen LogP contribution in [0.1, 0.15) is 0 Å². The third-order valence-electron chi connectivity index (χ3n) is 1.64. The van der Waals surface area contributed by atoms with Crippen molar-refractivity contribution in [2.24, 2.45) is 0 Å². The summed E-state index contributed by atoms with van der Waals surface area (Å²) in [6.07, 6.45) is 0. The topological polar surface area (TPSA) is 148 Å². The van der Waals surface area contributed by atoms with Gasteiger partial charge in [0.15, 0.2) is 0 Å². The highest BCUT2D eigenvalue weighted by atomic mass is 31.2. The summed E-state index contributed by atoms with van der Waals surface area (Å²) in [5, 5.41) is 24.6. The molecule has 11 heteroatoms. The maximum absolute atomic E-state index is 8.88. The molecule has 10 nitrogen and oxygen atoms in total. The van der Waals surface area contributed by atoms with Crippen molar-refractivity contribution in [2.75, 3.05) is 81.7 Å². The van der Waals surface area contributed by atoms with Crippen LogP contribution in [0.3, 0.4) is 0 Å². The second kappa shape index (κ2) is 21.9. The van der Waals surface area contributed by atoms with Crippen LogP contribution in [0.15, 0.2) is 0 Å². The Hall–Kier alpha value is -0.130. The van der Waals surface area contributed by atoms with Gasteiger partial charge in [-0.05, 0) is 42.3 Å². The van der Waals surface area contributed by atoms with Gasteiger partial charge in [-0.3, -0.25) is 0 Å². The fourth-order valence-corrected chi connectivity index (χ4v) is 0.600. The van der Waals surface area contributed by atoms with E-state index < -0.39 is 7.82 Å². The molecule has 0 aliphatic rings. The van der Waals surface area contributed by atoms with Crippen LogP contribution in [0.4, 0.5) is 0 Å². The molecule has 0 aromatic carbocycles. The summed E-state index contributed by atoms with van der Waals surface area (Å²) in [5.74, 6) is 0. The van der Waals surface area contributed by atoms with E-state index in [-0.39, 0.29) is 19.8 Å². The van der Waals surface area contributed by atoms with Crippen LogP contribution in [0.5, 0.6) is 0 Å². The number of aliphatic hydroxyl groups is 3. The van der Waals surface area contributed by atoms with Gasteiger partial charge in [-0.2, -0.15) is 0 Å². The summed E-state index contributed by atoms with van der Waals surface area (Å²) < 4.78 is 8.88. The zero-order chi connectivity index (χ0) is 19.5. The summed E-state index contributed by atoms with van der Waals surface area (Å²) in [6, 6.07) is 0. The van der Waals surface area contributed by atoms with E-state index in [1.165, 1.54) is 0 Å². The van der Waals surface area contributed by atoms with E-state index in [0.29, 0.717) is 0 Å². The predicted molar refractivity (Wildman–Crippen MR) is 91.2 cm³/mol. The molecule has 0 bridgehead atoms. The summed E-state index contributed by atoms with van der Waals surface area (Å²) >= 11 is 0. The lowest BCUT2D eigenvalue weighted by Crippen LogP contribution is -2.15. The van der Waals surface area contributed by atoms with Gasteiger partial charge in [0.25, 0.3) is 0 Å². The number of likely N-dealkylation sites (N-methyl/N-ethyl adjacent to an activating group) is 3. The van der Waals surface area contributed by atoms with Crippen molar-refractivity contribution in [3.05, 3.63) is 0 Å². The van der Waals surface area contributed by atoms with Crippen LogP contribution < -0.4 is 0 Å². The molecule has 0 aliphatic heterocycles. The molecule has 23 heavy (non-hydrogen) atoms. The van der Waals surface area contributed by atoms with Gasteiger partial charge in [-0.25, -0.2) is 4.57 Å². The van der Waals surface area contributed by atoms with Crippen LogP contribution in [-0.4, -0.2) is 126 Å². The van der Waals surface area contributed by atoms with Crippen molar-refractivity contribution in [3.63, 3.8) is 0 Å². The molecule has 0 aliphatic carbocycles. The Labute approximate surface area is 139 Å². The standard InChI is InChI=1S/3C4H11NO.H3O4P/c3*1-5(2)3-4-6;1-5(2,3)4/h3*6H,3-4H2,1-2H3;(H3,1,2,3,4). The molecular formula is C12H36N3O7P. The van der Waals surface area contributed by atoms with Crippen LogP contribution in [0, 0.1) is 0 Å². The minimum atomic E-state index is -4.64. The molecule has 0 rings (SSSR count). The molecule has 0 radical (unpaired) electrons. The third-order valence-corrected chi connectivity index (χ3v) is 1.64. The molecule has 146 valence electrons. The molecule has 0 saturated heterocycles. The highest BCUT2D eigenvalue weighted by molar-refractivity contribution is 7.45. The van der Waals surface area contributed by atoms with Crippen molar-refractivity contribution < 1.29 is 34.6 Å². The van der Waals surface area contributed by atoms with E-state index in [9.17, 15) is 0 Å². The monoisotopic (exact) mass is 365 g/mol. The van der Waals surface area contributed by atoms with Crippen LogP contribution in [0.2, 0.25) is 0 Å². The van der Waals surface area contributed by atoms with E-state index >= 15 is 0 Å². The molecular weight excluding hydrogens is 329 g/mol. The first-order chi connectivity index (χ1) is 10.3. The average molecular weight is 365 g/mol. The number of nitrogens with zero attached hydrogens (tertiary/aromatic N) is 3. The van der Waals surface area contributed by atoms with Crippen molar-refractivity contribution >= 4 is 7.82 Å². The fraction of sp³-hybridized carbons (Fsp3) is 1.00. The van der Waals surface area contributed by atoms with Gasteiger partial charge in [0.1, 0.15) is 0 Å². The second-order valence-electron chi connectivity index (χ2n) is 5.09. The maximum Gasteiger partial charge on any atom is 0.466 e. The molecule has 6 N–H and O–H groups in total. The zero-order valence-electron chi connectivity index (χ0n) is 15.1. The van der Waals surface area contributed by atoms with Gasteiger partial charge >= 0.3 is 7.82 Å². The Morgan fingerprint density at radius 1 is 0.609 bits per heavy atom. The number of hydrogen-bond donors (Lipinski definition) is 6. The minimum absolute atomic E-state index is 0.257. The maximum atomic E-state index is 8.88. The van der Waals surface area contributed by atoms with Crippen LogP contribution >= 0.6 is 7.82 Å². The molecule has 0 saturated carbocycles. The van der Waals surface area contributed by atoms with Crippen molar-refractivity contribution in [1.29, 1.82) is 0 Å². The first-order valence-corrected chi connectivity index (χ1v) is 8.43. The first kappa shape index (κ1) is 30.7. The quantitative estimate of drug-likeness (QED) is 0.284. The zero-order valence-corrected chi connectivity index (χ0v) is 16.0. The van der Waals surface area contributed by atoms with Crippen LogP contribution in [0.25, 0.3) is 0 Å². The highest BCUT2D eigenvalue weighted by Gasteiger charge is 2.00. The van der Waals surface area contributed by atoms with E-state index in [1.54, 1.807) is 0 Å². The Morgan fingerprint density at radius 3 is 0.739 bits per heavy atom. The summed E-state index contributed by atoms with van der Waals surface area (Å²) in [6.45, 7) is 3.06. The van der Waals surface area contributed by atoms with Crippen molar-refractivity contribution in [3.8, 4) is 0 Å². The molecule has 0 heterocycles. The highest BCUT2D eigenvalue weighted by Crippen LogP contribution is 2.25. The lowest BCUT2D eigenvalue weighted by atomic mass is 10.6. The molecule has 0 amide bonds. The SMILES string of the molecule is CN(C)CCO.CN(C)CCO.CN(C)CCO.O=P(O)(O)O. The lowest BCUT2D eigenvalue weighted by molar-refractivity contribution is 0.242. The normalized spacial score (nSPS) is 10.4. The number of rotatable bonds is 6. The van der Waals surface area contributed by atoms with Gasteiger partial charge in [0.2, 0.25) is 0 Å². The fourth-order valence-electron chi connectivity index (χ4n) is 0.600. The van der Waals surface area contributed by atoms with E-state index in [4.69, 9.17) is 34.6 Å². The Bertz CT molecular complexity index is 219. The smallest absolute Gasteiger partial charge is 0.395 e. The summed E-state index contributed by atoms with van der Waals surface area (Å²) in [7, 11) is 6.92. The van der Waals surface area contributed by atoms with Gasteiger partial charge in [0, 0.05) is 19.6 Å². The van der Waals surface area contributed by atoms with E-state index in [0.717, 1.165) is 19.6 Å². The summed E-state index contributed by atoms with van der Waals surface area (Å²) in [4.78, 5) is 27.4. The summed E-state index contributed by atoms with van der Waals surface area (Å²) in [5.41, 5.74) is 0. The van der Waals surface area contributed by atoms with Gasteiger partial charge in [0.05, 0.1) is 19.8 Å². The molecule has 0 unspecified atom stereocenters. The third kappa shape index (κ3) is 110. The molecule has 0 aromatic heterocycles. The molecule has 0 spiro atoms. The molecule has 0 aromatic rings. The van der Waals surface area contributed by atoms with Crippen molar-refractivity contribution in [2.45, 2.75) is 0 Å². The van der Waals surface area contributed by atoms with Gasteiger partial charge in [-0.15, -0.1) is 0 Å². The second-order valence-corrected chi connectivity index (χ2v) is 6.12. The van der Waals surface area contributed by atoms with Gasteiger partial charge in [-0.1, -0.05) is 0 Å². The number of hydrogen-bond acceptors (Lipinski definition) is 7. The van der Waals surface area contributed by atoms with E-state index in [2.05, 4.69) is 0 Å². The number of phosphoric acid groups is 1. The Balaban J connectivity index is -0.000000105. The van der Waals surface area contributed by atoms with Crippen LogP contribution in [-0.2, 0) is 4.57 Å². The predicted octanol–water partition coefficient (Wildman–Crippen LogP) is -2.31. The van der Waals surface area contributed by atoms with E-state index in [1.807, 2.05) is 57.0 Å². The molecule has 0 atom stereocenters. The first-order valence-electron chi connectivity index (χ1n) is 6.86. The largest absolute Gasteiger partial charge is 0.466 e. The Morgan fingerprint density at radius 2 is 0.739 bits per heavy atom. The van der Waals surface area contributed by atoms with Crippen molar-refractivity contribution in [1.82, 2.24) is 14.7 Å². The average Bonchev–Trinajstić information content (AvgIpc) is 2.27. The Kier molecular flexibility index (Phi) is 29.2. The number of aliphatic hydroxyl groups excluding tert-OH is 3. The minimum Gasteiger partial charge on any atom is -0.395 e. The molecule has 0 fully saturated rings. The lowest BCUT2D eigenvalue weighted by Gasteiger charge is -2.03. The van der Waals surface area contributed by atoms with Gasteiger partial charge < -0.3 is 44.7 Å².